The van der Waals surface area contributed by atoms with Gasteiger partial charge in [0.15, 0.2) is 0 Å². The van der Waals surface area contributed by atoms with Crippen molar-refractivity contribution in [3.05, 3.63) is 35.4 Å². The number of benzene rings is 1. The molecule has 96 valence electrons. The molecule has 1 aromatic rings. The van der Waals surface area contributed by atoms with Gasteiger partial charge in [-0.1, -0.05) is 0 Å². The van der Waals surface area contributed by atoms with E-state index in [-0.39, 0.29) is 24.0 Å². The van der Waals surface area contributed by atoms with E-state index >= 15 is 0 Å². The Kier molecular flexibility index (Phi) is 5.31. The van der Waals surface area contributed by atoms with Crippen LogP contribution in [-0.4, -0.2) is 30.6 Å². The molecule has 1 aliphatic heterocycles. The molecule has 2 rings (SSSR count). The molecule has 0 bridgehead atoms. The molecule has 1 fully saturated rings. The Morgan fingerprint density at radius 2 is 2.18 bits per heavy atom. The lowest BCUT2D eigenvalue weighted by atomic mass is 10.1. The summed E-state index contributed by atoms with van der Waals surface area (Å²) in [5.41, 5.74) is 0.439. The molecule has 0 radical (unpaired) electrons. The minimum absolute atomic E-state index is 0. The first-order valence-electron chi connectivity index (χ1n) is 5.55. The maximum atomic E-state index is 13.4. The maximum absolute atomic E-state index is 13.4. The van der Waals surface area contributed by atoms with Crippen LogP contribution in [0.4, 0.5) is 8.78 Å². The second-order valence-corrected chi connectivity index (χ2v) is 4.26. The fraction of sp³-hybridized carbons (Fsp3) is 0.500. The molecule has 17 heavy (non-hydrogen) atoms. The molecular weight excluding hydrogens is 246 g/mol. The van der Waals surface area contributed by atoms with Gasteiger partial charge >= 0.3 is 0 Å². The SMILES string of the molecule is CC1CNCCN1Cc1cc(F)ccc1F.Cl. The third kappa shape index (κ3) is 3.63. The van der Waals surface area contributed by atoms with Gasteiger partial charge in [0, 0.05) is 37.8 Å². The normalized spacial score (nSPS) is 21.0. The van der Waals surface area contributed by atoms with Crippen molar-refractivity contribution in [3.63, 3.8) is 0 Å². The van der Waals surface area contributed by atoms with Crippen LogP contribution in [-0.2, 0) is 6.54 Å². The van der Waals surface area contributed by atoms with Crippen molar-refractivity contribution in [2.45, 2.75) is 19.5 Å². The molecule has 0 amide bonds. The van der Waals surface area contributed by atoms with Crippen LogP contribution in [0.5, 0.6) is 0 Å². The zero-order valence-corrected chi connectivity index (χ0v) is 10.6. The van der Waals surface area contributed by atoms with Crippen molar-refractivity contribution < 1.29 is 8.78 Å². The van der Waals surface area contributed by atoms with Crippen LogP contribution < -0.4 is 5.32 Å². The highest BCUT2D eigenvalue weighted by molar-refractivity contribution is 5.85. The maximum Gasteiger partial charge on any atom is 0.127 e. The van der Waals surface area contributed by atoms with Gasteiger partial charge < -0.3 is 5.32 Å². The molecular formula is C12H17ClF2N2. The molecule has 0 aromatic heterocycles. The lowest BCUT2D eigenvalue weighted by Crippen LogP contribution is -2.49. The number of halogens is 3. The summed E-state index contributed by atoms with van der Waals surface area (Å²) in [7, 11) is 0. The fourth-order valence-corrected chi connectivity index (χ4v) is 2.00. The zero-order chi connectivity index (χ0) is 11.5. The van der Waals surface area contributed by atoms with Crippen LogP contribution in [0.2, 0.25) is 0 Å². The molecule has 2 nitrogen and oxygen atoms in total. The lowest BCUT2D eigenvalue weighted by Gasteiger charge is -2.33. The number of piperazine rings is 1. The van der Waals surface area contributed by atoms with E-state index in [2.05, 4.69) is 17.1 Å². The number of nitrogens with one attached hydrogen (secondary N) is 1. The van der Waals surface area contributed by atoms with Crippen LogP contribution in [0.25, 0.3) is 0 Å². The Bertz CT molecular complexity index is 374. The van der Waals surface area contributed by atoms with Gasteiger partial charge in [0.05, 0.1) is 0 Å². The van der Waals surface area contributed by atoms with Gasteiger partial charge in [-0.05, 0) is 25.1 Å². The van der Waals surface area contributed by atoms with Crippen LogP contribution >= 0.6 is 12.4 Å². The second kappa shape index (κ2) is 6.28. The van der Waals surface area contributed by atoms with Crippen LogP contribution in [0.15, 0.2) is 18.2 Å². The standard InChI is InChI=1S/C12H16F2N2.ClH/c1-9-7-15-4-5-16(9)8-10-6-11(13)2-3-12(10)14;/h2-3,6,9,15H,4-5,7-8H2,1H3;1H. The van der Waals surface area contributed by atoms with Crippen molar-refractivity contribution in [3.8, 4) is 0 Å². The van der Waals surface area contributed by atoms with E-state index in [4.69, 9.17) is 0 Å². The van der Waals surface area contributed by atoms with E-state index in [1.807, 2.05) is 0 Å². The minimum atomic E-state index is -0.376. The number of hydrogen-bond donors (Lipinski definition) is 1. The molecule has 1 N–H and O–H groups in total. The molecule has 1 aromatic carbocycles. The van der Waals surface area contributed by atoms with E-state index in [1.54, 1.807) is 0 Å². The quantitative estimate of drug-likeness (QED) is 0.879. The Balaban J connectivity index is 0.00000144. The Morgan fingerprint density at radius 1 is 1.41 bits per heavy atom. The van der Waals surface area contributed by atoms with Gasteiger partial charge in [0.1, 0.15) is 11.6 Å². The Hall–Kier alpha value is -0.710. The first-order chi connectivity index (χ1) is 7.66. The molecule has 5 heteroatoms. The summed E-state index contributed by atoms with van der Waals surface area (Å²) in [4.78, 5) is 2.16. The van der Waals surface area contributed by atoms with Crippen molar-refractivity contribution in [1.29, 1.82) is 0 Å². The van der Waals surface area contributed by atoms with Gasteiger partial charge in [0.2, 0.25) is 0 Å². The van der Waals surface area contributed by atoms with Gasteiger partial charge in [0.25, 0.3) is 0 Å². The zero-order valence-electron chi connectivity index (χ0n) is 9.75. The monoisotopic (exact) mass is 262 g/mol. The summed E-state index contributed by atoms with van der Waals surface area (Å²) in [6.45, 7) is 5.24. The molecule has 1 heterocycles. The highest BCUT2D eigenvalue weighted by Gasteiger charge is 2.19. The van der Waals surface area contributed by atoms with Gasteiger partial charge in [-0.2, -0.15) is 0 Å². The third-order valence-corrected chi connectivity index (χ3v) is 3.02. The second-order valence-electron chi connectivity index (χ2n) is 4.26. The van der Waals surface area contributed by atoms with E-state index < -0.39 is 0 Å². The van der Waals surface area contributed by atoms with Crippen LogP contribution in [0, 0.1) is 11.6 Å². The summed E-state index contributed by atoms with van der Waals surface area (Å²) < 4.78 is 26.4. The van der Waals surface area contributed by atoms with Crippen molar-refractivity contribution in [1.82, 2.24) is 10.2 Å². The average molecular weight is 263 g/mol. The Labute approximate surface area is 106 Å². The molecule has 1 saturated heterocycles. The average Bonchev–Trinajstić information content (AvgIpc) is 2.27. The first kappa shape index (κ1) is 14.4. The largest absolute Gasteiger partial charge is 0.314 e. The van der Waals surface area contributed by atoms with E-state index in [0.29, 0.717) is 18.2 Å². The fourth-order valence-electron chi connectivity index (χ4n) is 2.00. The summed E-state index contributed by atoms with van der Waals surface area (Å²) in [6.07, 6.45) is 0. The van der Waals surface area contributed by atoms with Crippen molar-refractivity contribution >= 4 is 12.4 Å². The van der Waals surface area contributed by atoms with Gasteiger partial charge in [-0.15, -0.1) is 12.4 Å². The van der Waals surface area contributed by atoms with E-state index in [9.17, 15) is 8.78 Å². The summed E-state index contributed by atoms with van der Waals surface area (Å²) in [6, 6.07) is 3.98. The van der Waals surface area contributed by atoms with E-state index in [0.717, 1.165) is 25.7 Å². The predicted octanol–water partition coefficient (Wildman–Crippen LogP) is 2.18. The molecule has 1 aliphatic rings. The highest BCUT2D eigenvalue weighted by atomic mass is 35.5. The smallest absolute Gasteiger partial charge is 0.127 e. The molecule has 0 spiro atoms. The van der Waals surface area contributed by atoms with Crippen LogP contribution in [0.3, 0.4) is 0 Å². The number of rotatable bonds is 2. The van der Waals surface area contributed by atoms with Crippen molar-refractivity contribution in [2.24, 2.45) is 0 Å². The topological polar surface area (TPSA) is 15.3 Å². The predicted molar refractivity (Wildman–Crippen MR) is 66.3 cm³/mol. The highest BCUT2D eigenvalue weighted by Crippen LogP contribution is 2.14. The minimum Gasteiger partial charge on any atom is -0.314 e. The van der Waals surface area contributed by atoms with Crippen LogP contribution in [0.1, 0.15) is 12.5 Å². The molecule has 0 aliphatic carbocycles. The van der Waals surface area contributed by atoms with Crippen molar-refractivity contribution in [2.75, 3.05) is 19.6 Å². The molecule has 1 atom stereocenters. The van der Waals surface area contributed by atoms with Gasteiger partial charge in [-0.3, -0.25) is 4.90 Å². The van der Waals surface area contributed by atoms with E-state index in [1.165, 1.54) is 12.1 Å². The third-order valence-electron chi connectivity index (χ3n) is 3.02. The molecule has 1 unspecified atom stereocenters. The van der Waals surface area contributed by atoms with Gasteiger partial charge in [-0.25, -0.2) is 8.78 Å². The number of hydrogen-bond acceptors (Lipinski definition) is 2. The number of nitrogens with zero attached hydrogens (tertiary/aromatic N) is 1. The summed E-state index contributed by atoms with van der Waals surface area (Å²) >= 11 is 0. The summed E-state index contributed by atoms with van der Waals surface area (Å²) in [5.74, 6) is -0.702. The summed E-state index contributed by atoms with van der Waals surface area (Å²) in [5, 5.41) is 3.27. The first-order valence-corrected chi connectivity index (χ1v) is 5.55. The Morgan fingerprint density at radius 3 is 2.88 bits per heavy atom. The molecule has 0 saturated carbocycles. The lowest BCUT2D eigenvalue weighted by molar-refractivity contribution is 0.163.